The highest BCUT2D eigenvalue weighted by Gasteiger charge is 2.60. The number of rotatable bonds is 5. The molecule has 122 valence electrons. The lowest BCUT2D eigenvalue weighted by molar-refractivity contribution is 0.130. The van der Waals surface area contributed by atoms with Crippen LogP contribution >= 0.6 is 34.8 Å². The van der Waals surface area contributed by atoms with E-state index in [-0.39, 0.29) is 17.9 Å². The molecule has 1 aromatic rings. The first-order valence-corrected chi connectivity index (χ1v) is 8.13. The van der Waals surface area contributed by atoms with E-state index in [1.54, 1.807) is 32.0 Å². The number of alkyl halides is 2. The first kappa shape index (κ1) is 17.5. The normalized spacial score (nSPS) is 22.3. The van der Waals surface area contributed by atoms with Gasteiger partial charge in [-0.1, -0.05) is 18.5 Å². The highest BCUT2D eigenvalue weighted by Crippen LogP contribution is 2.58. The quantitative estimate of drug-likeness (QED) is 0.736. The van der Waals surface area contributed by atoms with Gasteiger partial charge >= 0.3 is 6.09 Å². The van der Waals surface area contributed by atoms with E-state index >= 15 is 0 Å². The molecule has 7 heteroatoms. The molecule has 2 atom stereocenters. The summed E-state index contributed by atoms with van der Waals surface area (Å²) in [6.07, 6.45) is -0.717. The second-order valence-corrected chi connectivity index (χ2v) is 7.46. The molecule has 1 fully saturated rings. The predicted octanol–water partition coefficient (Wildman–Crippen LogP) is 5.12. The second kappa shape index (κ2) is 6.73. The van der Waals surface area contributed by atoms with Crippen molar-refractivity contribution in [3.63, 3.8) is 0 Å². The van der Waals surface area contributed by atoms with Crippen LogP contribution in [0.1, 0.15) is 20.8 Å². The molecule has 1 saturated carbocycles. The SMILES string of the molecule is CC(C)OC(=O)Nc1ccc(OCC2C(C)C2(Cl)Cl)c(Cl)c1. The molecule has 1 amide bonds. The maximum absolute atomic E-state index is 11.5. The van der Waals surface area contributed by atoms with Crippen molar-refractivity contribution in [1.29, 1.82) is 0 Å². The van der Waals surface area contributed by atoms with Gasteiger partial charge in [0.25, 0.3) is 0 Å². The summed E-state index contributed by atoms with van der Waals surface area (Å²) >= 11 is 18.3. The number of hydrogen-bond donors (Lipinski definition) is 1. The third-order valence-electron chi connectivity index (χ3n) is 3.54. The van der Waals surface area contributed by atoms with Crippen molar-refractivity contribution < 1.29 is 14.3 Å². The zero-order valence-electron chi connectivity index (χ0n) is 12.5. The van der Waals surface area contributed by atoms with Crippen LogP contribution in [0.5, 0.6) is 5.75 Å². The monoisotopic (exact) mass is 365 g/mol. The number of nitrogens with one attached hydrogen (secondary N) is 1. The summed E-state index contributed by atoms with van der Waals surface area (Å²) in [6.45, 7) is 5.92. The molecule has 4 nitrogen and oxygen atoms in total. The molecule has 2 rings (SSSR count). The largest absolute Gasteiger partial charge is 0.492 e. The highest BCUT2D eigenvalue weighted by molar-refractivity contribution is 6.51. The van der Waals surface area contributed by atoms with Crippen LogP contribution in [0.3, 0.4) is 0 Å². The first-order valence-electron chi connectivity index (χ1n) is 6.99. The van der Waals surface area contributed by atoms with E-state index < -0.39 is 10.4 Å². The third-order valence-corrected chi connectivity index (χ3v) is 5.08. The lowest BCUT2D eigenvalue weighted by atomic mass is 10.3. The summed E-state index contributed by atoms with van der Waals surface area (Å²) in [4.78, 5) is 11.5. The average Bonchev–Trinajstić information content (AvgIpc) is 2.86. The van der Waals surface area contributed by atoms with E-state index in [4.69, 9.17) is 44.3 Å². The van der Waals surface area contributed by atoms with Crippen molar-refractivity contribution in [2.24, 2.45) is 11.8 Å². The zero-order valence-corrected chi connectivity index (χ0v) is 14.8. The van der Waals surface area contributed by atoms with Gasteiger partial charge in [0.05, 0.1) is 17.7 Å². The molecule has 0 aromatic heterocycles. The van der Waals surface area contributed by atoms with Gasteiger partial charge in [0.1, 0.15) is 10.1 Å². The van der Waals surface area contributed by atoms with Crippen LogP contribution in [0.15, 0.2) is 18.2 Å². The predicted molar refractivity (Wildman–Crippen MR) is 89.3 cm³/mol. The van der Waals surface area contributed by atoms with Crippen LogP contribution in [-0.4, -0.2) is 23.1 Å². The lowest BCUT2D eigenvalue weighted by Crippen LogP contribution is -2.17. The van der Waals surface area contributed by atoms with E-state index in [0.717, 1.165) is 0 Å². The van der Waals surface area contributed by atoms with Gasteiger partial charge in [0, 0.05) is 11.6 Å². The summed E-state index contributed by atoms with van der Waals surface area (Å²) in [7, 11) is 0. The molecule has 0 radical (unpaired) electrons. The van der Waals surface area contributed by atoms with Gasteiger partial charge in [-0.3, -0.25) is 5.32 Å². The van der Waals surface area contributed by atoms with Crippen molar-refractivity contribution in [1.82, 2.24) is 0 Å². The van der Waals surface area contributed by atoms with Gasteiger partial charge in [-0.25, -0.2) is 4.79 Å². The molecule has 22 heavy (non-hydrogen) atoms. The molecule has 0 bridgehead atoms. The number of carbonyl (C=O) groups is 1. The van der Waals surface area contributed by atoms with Gasteiger partial charge in [0.15, 0.2) is 0 Å². The Hall–Kier alpha value is -0.840. The highest BCUT2D eigenvalue weighted by atomic mass is 35.5. The number of carbonyl (C=O) groups excluding carboxylic acids is 1. The molecule has 1 N–H and O–H groups in total. The van der Waals surface area contributed by atoms with Gasteiger partial charge in [0.2, 0.25) is 0 Å². The van der Waals surface area contributed by atoms with Crippen molar-refractivity contribution in [3.8, 4) is 5.75 Å². The van der Waals surface area contributed by atoms with Crippen LogP contribution in [0.25, 0.3) is 0 Å². The molecular formula is C15H18Cl3NO3. The van der Waals surface area contributed by atoms with Crippen LogP contribution in [0.2, 0.25) is 5.02 Å². The molecule has 2 unspecified atom stereocenters. The Labute approximate surface area is 145 Å². The van der Waals surface area contributed by atoms with Crippen LogP contribution in [0, 0.1) is 11.8 Å². The lowest BCUT2D eigenvalue weighted by Gasteiger charge is -2.12. The fraction of sp³-hybridized carbons (Fsp3) is 0.533. The average molecular weight is 367 g/mol. The molecule has 1 aliphatic carbocycles. The summed E-state index contributed by atoms with van der Waals surface area (Å²) in [5.74, 6) is 0.805. The minimum absolute atomic E-state index is 0.0886. The molecule has 0 aliphatic heterocycles. The summed E-state index contributed by atoms with van der Waals surface area (Å²) in [5, 5.41) is 2.99. The Morgan fingerprint density at radius 1 is 1.41 bits per heavy atom. The van der Waals surface area contributed by atoms with E-state index in [9.17, 15) is 4.79 Å². The van der Waals surface area contributed by atoms with E-state index in [1.165, 1.54) is 0 Å². The van der Waals surface area contributed by atoms with E-state index in [2.05, 4.69) is 5.32 Å². The number of halogens is 3. The Kier molecular flexibility index (Phi) is 5.36. The molecule has 1 aliphatic rings. The minimum Gasteiger partial charge on any atom is -0.492 e. The smallest absolute Gasteiger partial charge is 0.411 e. The topological polar surface area (TPSA) is 47.6 Å². The Morgan fingerprint density at radius 3 is 2.55 bits per heavy atom. The van der Waals surface area contributed by atoms with Crippen molar-refractivity contribution in [3.05, 3.63) is 23.2 Å². The van der Waals surface area contributed by atoms with E-state index in [1.807, 2.05) is 6.92 Å². The minimum atomic E-state index is -0.714. The fourth-order valence-corrected chi connectivity index (χ4v) is 2.97. The van der Waals surface area contributed by atoms with Crippen LogP contribution < -0.4 is 10.1 Å². The van der Waals surface area contributed by atoms with Crippen LogP contribution in [-0.2, 0) is 4.74 Å². The van der Waals surface area contributed by atoms with E-state index in [0.29, 0.717) is 23.1 Å². The van der Waals surface area contributed by atoms with Gasteiger partial charge in [-0.05, 0) is 38.0 Å². The number of anilines is 1. The molecule has 0 spiro atoms. The first-order chi connectivity index (χ1) is 10.2. The Morgan fingerprint density at radius 2 is 2.05 bits per heavy atom. The summed E-state index contributed by atoms with van der Waals surface area (Å²) in [5.41, 5.74) is 0.534. The standard InChI is InChI=1S/C15H18Cl3NO3/c1-8(2)22-14(20)19-10-4-5-13(12(16)6-10)21-7-11-9(3)15(11,17)18/h4-6,8-9,11H,7H2,1-3H3,(H,19,20). The van der Waals surface area contributed by atoms with Crippen LogP contribution in [0.4, 0.5) is 10.5 Å². The fourth-order valence-electron chi connectivity index (χ4n) is 2.05. The maximum atomic E-state index is 11.5. The number of amides is 1. The molecule has 0 saturated heterocycles. The number of benzene rings is 1. The second-order valence-electron chi connectivity index (χ2n) is 5.60. The van der Waals surface area contributed by atoms with Crippen molar-refractivity contribution in [2.75, 3.05) is 11.9 Å². The third kappa shape index (κ3) is 4.12. The summed E-state index contributed by atoms with van der Waals surface area (Å²) < 4.78 is 9.93. The Bertz CT molecular complexity index is 563. The van der Waals surface area contributed by atoms with Crippen molar-refractivity contribution in [2.45, 2.75) is 31.2 Å². The number of hydrogen-bond acceptors (Lipinski definition) is 3. The zero-order chi connectivity index (χ0) is 16.5. The van der Waals surface area contributed by atoms with Gasteiger partial charge < -0.3 is 9.47 Å². The molecule has 0 heterocycles. The maximum Gasteiger partial charge on any atom is 0.411 e. The molecular weight excluding hydrogens is 349 g/mol. The summed E-state index contributed by atoms with van der Waals surface area (Å²) in [6, 6.07) is 4.97. The van der Waals surface area contributed by atoms with Gasteiger partial charge in [-0.2, -0.15) is 0 Å². The molecule has 1 aromatic carbocycles. The Balaban J connectivity index is 1.91. The van der Waals surface area contributed by atoms with Gasteiger partial charge in [-0.15, -0.1) is 23.2 Å². The van der Waals surface area contributed by atoms with Crippen molar-refractivity contribution >= 4 is 46.6 Å². The number of ether oxygens (including phenoxy) is 2.